The van der Waals surface area contributed by atoms with Gasteiger partial charge in [-0.05, 0) is 67.6 Å². The summed E-state index contributed by atoms with van der Waals surface area (Å²) in [5.41, 5.74) is 8.36. The maximum Gasteiger partial charge on any atom is 0.138 e. The Morgan fingerprint density at radius 3 is 2.42 bits per heavy atom. The van der Waals surface area contributed by atoms with E-state index in [1.54, 1.807) is 0 Å². The Morgan fingerprint density at radius 2 is 1.68 bits per heavy atom. The molecule has 0 aliphatic carbocycles. The zero-order valence-corrected chi connectivity index (χ0v) is 23.9. The van der Waals surface area contributed by atoms with Gasteiger partial charge in [-0.1, -0.05) is 89.0 Å². The Balaban J connectivity index is 1.29. The van der Waals surface area contributed by atoms with Crippen molar-refractivity contribution in [2.24, 2.45) is 0 Å². The molecule has 4 nitrogen and oxygen atoms in total. The molecule has 2 N–H and O–H groups in total. The van der Waals surface area contributed by atoms with Crippen LogP contribution in [0.25, 0.3) is 22.2 Å². The Morgan fingerprint density at radius 1 is 0.974 bits per heavy atom. The normalized spacial score (nSPS) is 14.3. The Labute approximate surface area is 230 Å². The molecular formula is C34H47N3O. The van der Waals surface area contributed by atoms with Crippen LogP contribution >= 0.6 is 0 Å². The lowest BCUT2D eigenvalue weighted by Gasteiger charge is -2.27. The van der Waals surface area contributed by atoms with Crippen LogP contribution in [0.15, 0.2) is 30.6 Å². The van der Waals surface area contributed by atoms with Crippen LogP contribution in [0.2, 0.25) is 0 Å². The highest BCUT2D eigenvalue weighted by molar-refractivity contribution is 5.87. The summed E-state index contributed by atoms with van der Waals surface area (Å²) in [6, 6.07) is 6.81. The summed E-state index contributed by atoms with van der Waals surface area (Å²) in [5, 5.41) is 11.5. The number of likely N-dealkylation sites (N-methyl/N-ethyl adjacent to an activating group) is 1. The van der Waals surface area contributed by atoms with E-state index in [0.717, 1.165) is 54.5 Å². The van der Waals surface area contributed by atoms with Gasteiger partial charge in [0.15, 0.2) is 0 Å². The molecule has 0 spiro atoms. The van der Waals surface area contributed by atoms with Gasteiger partial charge < -0.3 is 15.0 Å². The van der Waals surface area contributed by atoms with Gasteiger partial charge in [0.25, 0.3) is 0 Å². The van der Waals surface area contributed by atoms with Crippen LogP contribution in [-0.2, 0) is 13.0 Å². The second kappa shape index (κ2) is 14.5. The lowest BCUT2D eigenvalue weighted by Crippen LogP contribution is -2.27. The van der Waals surface area contributed by atoms with Gasteiger partial charge in [-0.15, -0.1) is 0 Å². The summed E-state index contributed by atoms with van der Waals surface area (Å²) < 4.78 is 0. The molecule has 2 aromatic heterocycles. The average Bonchev–Trinajstić information content (AvgIpc) is 3.32. The minimum atomic E-state index is -0.574. The first-order chi connectivity index (χ1) is 18.5. The molecule has 3 heterocycles. The van der Waals surface area contributed by atoms with Gasteiger partial charge in [0.05, 0.1) is 5.56 Å². The van der Waals surface area contributed by atoms with Gasteiger partial charge in [-0.25, -0.2) is 4.98 Å². The Bertz CT molecular complexity index is 1230. The number of unbranched alkanes of at least 4 members (excludes halogenated alkanes) is 10. The van der Waals surface area contributed by atoms with E-state index in [1.165, 1.54) is 86.5 Å². The Hall–Kier alpha value is -2.61. The number of fused-ring (bicyclic) bond motifs is 2. The summed E-state index contributed by atoms with van der Waals surface area (Å²) in [7, 11) is 2.19. The maximum absolute atomic E-state index is 10.5. The molecule has 0 bridgehead atoms. The molecule has 4 heteroatoms. The zero-order chi connectivity index (χ0) is 26.7. The van der Waals surface area contributed by atoms with E-state index in [1.807, 2.05) is 12.4 Å². The summed E-state index contributed by atoms with van der Waals surface area (Å²) in [5.74, 6) is 6.30. The first kappa shape index (κ1) is 28.4. The molecule has 1 aromatic carbocycles. The minimum Gasteiger partial charge on any atom is -0.380 e. The molecule has 1 unspecified atom stereocenters. The van der Waals surface area contributed by atoms with Crippen LogP contribution < -0.4 is 0 Å². The lowest BCUT2D eigenvalue weighted by molar-refractivity contribution is 0.217. The van der Waals surface area contributed by atoms with Gasteiger partial charge in [0.1, 0.15) is 11.8 Å². The molecule has 1 aliphatic heterocycles. The lowest BCUT2D eigenvalue weighted by atomic mass is 9.91. The number of aryl methyl sites for hydroxylation is 1. The smallest absolute Gasteiger partial charge is 0.138 e. The van der Waals surface area contributed by atoms with Crippen molar-refractivity contribution in [3.05, 3.63) is 52.8 Å². The third kappa shape index (κ3) is 7.95. The number of aromatic nitrogens is 2. The zero-order valence-electron chi connectivity index (χ0n) is 23.9. The number of rotatable bonds is 13. The van der Waals surface area contributed by atoms with E-state index in [-0.39, 0.29) is 0 Å². The van der Waals surface area contributed by atoms with Crippen molar-refractivity contribution in [3.63, 3.8) is 0 Å². The summed E-state index contributed by atoms with van der Waals surface area (Å²) in [6.45, 7) is 6.62. The highest BCUT2D eigenvalue weighted by atomic mass is 16.3. The monoisotopic (exact) mass is 513 g/mol. The number of H-pyrrole nitrogens is 1. The predicted octanol–water partition coefficient (Wildman–Crippen LogP) is 7.94. The van der Waals surface area contributed by atoms with E-state index in [0.29, 0.717) is 0 Å². The third-order valence-electron chi connectivity index (χ3n) is 8.07. The number of benzene rings is 1. The largest absolute Gasteiger partial charge is 0.380 e. The van der Waals surface area contributed by atoms with E-state index in [2.05, 4.69) is 65.8 Å². The van der Waals surface area contributed by atoms with Gasteiger partial charge >= 0.3 is 0 Å². The fraction of sp³-hybridized carbons (Fsp3) is 0.559. The number of aliphatic hydroxyl groups excluding tert-OH is 1. The highest BCUT2D eigenvalue weighted by Gasteiger charge is 2.17. The van der Waals surface area contributed by atoms with Crippen molar-refractivity contribution >= 4 is 11.0 Å². The van der Waals surface area contributed by atoms with Crippen LogP contribution in [0.1, 0.15) is 106 Å². The third-order valence-corrected chi connectivity index (χ3v) is 8.07. The molecule has 1 atom stereocenters. The number of aliphatic hydroxyl groups is 1. The molecule has 4 rings (SSSR count). The average molecular weight is 514 g/mol. The van der Waals surface area contributed by atoms with Crippen LogP contribution in [0.5, 0.6) is 0 Å². The first-order valence-corrected chi connectivity index (χ1v) is 15.0. The van der Waals surface area contributed by atoms with E-state index < -0.39 is 6.10 Å². The maximum atomic E-state index is 10.5. The number of aromatic amines is 1. The summed E-state index contributed by atoms with van der Waals surface area (Å²) >= 11 is 0. The van der Waals surface area contributed by atoms with Gasteiger partial charge in [-0.2, -0.15) is 0 Å². The SMILES string of the molecule is CCCCCCCCCCCCCC(O)C#Cc1c[nH]c2ncc(-c3cc(C)c4c(c3)CN(C)CC4)cc12. The van der Waals surface area contributed by atoms with Crippen molar-refractivity contribution < 1.29 is 5.11 Å². The van der Waals surface area contributed by atoms with Gasteiger partial charge in [0.2, 0.25) is 0 Å². The first-order valence-electron chi connectivity index (χ1n) is 15.0. The number of hydrogen-bond acceptors (Lipinski definition) is 3. The number of nitrogens with zero attached hydrogens (tertiary/aromatic N) is 2. The van der Waals surface area contributed by atoms with Crippen molar-refractivity contribution in [1.29, 1.82) is 0 Å². The summed E-state index contributed by atoms with van der Waals surface area (Å²) in [4.78, 5) is 10.3. The molecule has 0 fully saturated rings. The van der Waals surface area contributed by atoms with Crippen molar-refractivity contribution in [2.45, 2.75) is 110 Å². The van der Waals surface area contributed by atoms with E-state index >= 15 is 0 Å². The minimum absolute atomic E-state index is 0.574. The number of nitrogens with one attached hydrogen (secondary N) is 1. The highest BCUT2D eigenvalue weighted by Crippen LogP contribution is 2.30. The molecule has 1 aliphatic rings. The molecular weight excluding hydrogens is 466 g/mol. The van der Waals surface area contributed by atoms with Crippen LogP contribution in [0.4, 0.5) is 0 Å². The van der Waals surface area contributed by atoms with E-state index in [4.69, 9.17) is 0 Å². The van der Waals surface area contributed by atoms with Gasteiger partial charge in [-0.3, -0.25) is 0 Å². The van der Waals surface area contributed by atoms with Crippen molar-refractivity contribution in [1.82, 2.24) is 14.9 Å². The van der Waals surface area contributed by atoms with Crippen LogP contribution in [0, 0.1) is 18.8 Å². The fourth-order valence-corrected chi connectivity index (χ4v) is 5.73. The predicted molar refractivity (Wildman–Crippen MR) is 160 cm³/mol. The van der Waals surface area contributed by atoms with Crippen molar-refractivity contribution in [3.8, 4) is 23.0 Å². The molecule has 0 amide bonds. The van der Waals surface area contributed by atoms with Crippen molar-refractivity contribution in [2.75, 3.05) is 13.6 Å². The quantitative estimate of drug-likeness (QED) is 0.180. The molecule has 3 aromatic rings. The van der Waals surface area contributed by atoms with Crippen LogP contribution in [-0.4, -0.2) is 39.7 Å². The summed E-state index contributed by atoms with van der Waals surface area (Å²) in [6.07, 6.45) is 19.6. The van der Waals surface area contributed by atoms with Crippen LogP contribution in [0.3, 0.4) is 0 Å². The Kier molecular flexibility index (Phi) is 10.9. The molecule has 0 saturated carbocycles. The topological polar surface area (TPSA) is 52.1 Å². The molecule has 0 radical (unpaired) electrons. The molecule has 0 saturated heterocycles. The number of pyridine rings is 1. The van der Waals surface area contributed by atoms with E-state index in [9.17, 15) is 5.11 Å². The number of hydrogen-bond donors (Lipinski definition) is 2. The second-order valence-corrected chi connectivity index (χ2v) is 11.4. The molecule has 38 heavy (non-hydrogen) atoms. The fourth-order valence-electron chi connectivity index (χ4n) is 5.73. The standard InChI is InChI=1S/C34H47N3O/c1-4-5-6-7-8-9-10-11-12-13-14-15-31(38)17-16-27-23-35-34-33(27)22-29(24-36-34)28-20-26(2)32-18-19-37(3)25-30(32)21-28/h20-24,31,38H,4-15,18-19,25H2,1-3H3,(H,35,36). The second-order valence-electron chi connectivity index (χ2n) is 11.4. The molecule has 204 valence electrons. The van der Waals surface area contributed by atoms with Gasteiger partial charge in [0, 0.05) is 36.4 Å².